The number of amides is 1. The molecule has 108 valence electrons. The topological polar surface area (TPSA) is 85.3 Å². The Morgan fingerprint density at radius 2 is 2.24 bits per heavy atom. The number of nitrogens with zero attached hydrogens (tertiary/aromatic N) is 4. The fraction of sp³-hybridized carbons (Fsp3) is 0.286. The molecule has 3 aromatic heterocycles. The predicted octanol–water partition coefficient (Wildman–Crippen LogP) is 1.19. The largest absolute Gasteiger partial charge is 0.350 e. The third-order valence-corrected chi connectivity index (χ3v) is 3.27. The lowest BCUT2D eigenvalue weighted by Gasteiger charge is -2.00. The van der Waals surface area contributed by atoms with Gasteiger partial charge in [0, 0.05) is 12.4 Å². The van der Waals surface area contributed by atoms with Gasteiger partial charge < -0.3 is 9.72 Å². The van der Waals surface area contributed by atoms with E-state index in [0.29, 0.717) is 17.9 Å². The van der Waals surface area contributed by atoms with Crippen molar-refractivity contribution >= 4 is 11.6 Å². The van der Waals surface area contributed by atoms with E-state index in [1.54, 1.807) is 6.92 Å². The average molecular weight is 285 g/mol. The molecule has 7 nitrogen and oxygen atoms in total. The minimum Gasteiger partial charge on any atom is -0.350 e. The Balaban J connectivity index is 1.65. The molecule has 0 radical (unpaired) electrons. The summed E-state index contributed by atoms with van der Waals surface area (Å²) in [6.45, 7) is 4.14. The average Bonchev–Trinajstić information content (AvgIpc) is 3.04. The number of hydrogen-bond donors (Lipinski definition) is 1. The molecule has 0 bridgehead atoms. The smallest absolute Gasteiger partial charge is 0.226 e. The van der Waals surface area contributed by atoms with Crippen molar-refractivity contribution in [2.45, 2.75) is 26.8 Å². The molecule has 7 heteroatoms. The minimum absolute atomic E-state index is 0.137. The van der Waals surface area contributed by atoms with E-state index in [2.05, 4.69) is 25.2 Å². The van der Waals surface area contributed by atoms with Gasteiger partial charge in [0.2, 0.25) is 5.91 Å². The second-order valence-electron chi connectivity index (χ2n) is 4.90. The second kappa shape index (κ2) is 5.35. The first kappa shape index (κ1) is 13.3. The lowest BCUT2D eigenvalue weighted by molar-refractivity contribution is -0.120. The van der Waals surface area contributed by atoms with Gasteiger partial charge in [-0.1, -0.05) is 16.4 Å². The van der Waals surface area contributed by atoms with E-state index in [1.165, 1.54) is 0 Å². The van der Waals surface area contributed by atoms with Crippen LogP contribution in [0.15, 0.2) is 29.2 Å². The van der Waals surface area contributed by atoms with Gasteiger partial charge >= 0.3 is 0 Å². The molecule has 3 aromatic rings. The number of pyridine rings is 1. The Morgan fingerprint density at radius 3 is 2.95 bits per heavy atom. The number of nitrogens with one attached hydrogen (secondary N) is 1. The van der Waals surface area contributed by atoms with E-state index >= 15 is 0 Å². The number of imidazole rings is 1. The van der Waals surface area contributed by atoms with Crippen LogP contribution in [0.5, 0.6) is 0 Å². The van der Waals surface area contributed by atoms with Crippen LogP contribution < -0.4 is 5.32 Å². The van der Waals surface area contributed by atoms with Crippen molar-refractivity contribution in [1.29, 1.82) is 0 Å². The van der Waals surface area contributed by atoms with Gasteiger partial charge in [-0.2, -0.15) is 0 Å². The summed E-state index contributed by atoms with van der Waals surface area (Å²) in [5.41, 5.74) is 4.00. The zero-order valence-corrected chi connectivity index (χ0v) is 11.8. The molecule has 21 heavy (non-hydrogen) atoms. The Kier molecular flexibility index (Phi) is 3.39. The van der Waals surface area contributed by atoms with Crippen molar-refractivity contribution in [1.82, 2.24) is 25.0 Å². The molecule has 0 atom stereocenters. The summed E-state index contributed by atoms with van der Waals surface area (Å²) in [6.07, 6.45) is 4.00. The van der Waals surface area contributed by atoms with Crippen LogP contribution in [0.4, 0.5) is 0 Å². The molecule has 0 spiro atoms. The summed E-state index contributed by atoms with van der Waals surface area (Å²) in [6, 6.07) is 3.97. The van der Waals surface area contributed by atoms with Crippen LogP contribution in [0, 0.1) is 13.8 Å². The monoisotopic (exact) mass is 285 g/mol. The summed E-state index contributed by atoms with van der Waals surface area (Å²) < 4.78 is 6.51. The lowest BCUT2D eigenvalue weighted by atomic mass is 10.2. The van der Waals surface area contributed by atoms with Crippen LogP contribution in [-0.4, -0.2) is 25.6 Å². The molecule has 0 aliphatic heterocycles. The summed E-state index contributed by atoms with van der Waals surface area (Å²) in [7, 11) is 0. The maximum absolute atomic E-state index is 11.9. The number of carbonyl (C=O) groups excluding carboxylic acids is 1. The van der Waals surface area contributed by atoms with Crippen LogP contribution >= 0.6 is 0 Å². The van der Waals surface area contributed by atoms with Crippen molar-refractivity contribution in [2.75, 3.05) is 0 Å². The van der Waals surface area contributed by atoms with E-state index < -0.39 is 0 Å². The number of aryl methyl sites for hydroxylation is 2. The van der Waals surface area contributed by atoms with Gasteiger partial charge in [-0.25, -0.2) is 9.61 Å². The SMILES string of the molecule is Cc1nonc1CC(=O)NCc1cn2cccc(C)c2n1. The Labute approximate surface area is 120 Å². The van der Waals surface area contributed by atoms with Gasteiger partial charge in [0.25, 0.3) is 0 Å². The van der Waals surface area contributed by atoms with E-state index in [1.807, 2.05) is 35.9 Å². The molecule has 0 saturated heterocycles. The molecular weight excluding hydrogens is 270 g/mol. The zero-order chi connectivity index (χ0) is 14.8. The van der Waals surface area contributed by atoms with E-state index in [9.17, 15) is 4.79 Å². The second-order valence-corrected chi connectivity index (χ2v) is 4.90. The number of hydrogen-bond acceptors (Lipinski definition) is 5. The first-order valence-electron chi connectivity index (χ1n) is 6.61. The van der Waals surface area contributed by atoms with Crippen molar-refractivity contribution in [2.24, 2.45) is 0 Å². The standard InChI is InChI=1S/C14H15N5O2/c1-9-4-3-5-19-8-11(16-14(9)19)7-15-13(20)6-12-10(2)17-21-18-12/h3-5,8H,6-7H2,1-2H3,(H,15,20). The molecular formula is C14H15N5O2. The normalized spacial score (nSPS) is 11.0. The third kappa shape index (κ3) is 2.76. The molecule has 0 aromatic carbocycles. The number of aromatic nitrogens is 4. The molecule has 3 rings (SSSR count). The van der Waals surface area contributed by atoms with E-state index in [4.69, 9.17) is 0 Å². The molecule has 3 heterocycles. The maximum Gasteiger partial charge on any atom is 0.226 e. The molecule has 0 aliphatic carbocycles. The highest BCUT2D eigenvalue weighted by molar-refractivity contribution is 5.78. The molecule has 0 fully saturated rings. The zero-order valence-electron chi connectivity index (χ0n) is 11.8. The molecule has 0 aliphatic rings. The van der Waals surface area contributed by atoms with E-state index in [-0.39, 0.29) is 12.3 Å². The van der Waals surface area contributed by atoms with Crippen LogP contribution in [0.1, 0.15) is 22.6 Å². The Morgan fingerprint density at radius 1 is 1.38 bits per heavy atom. The summed E-state index contributed by atoms with van der Waals surface area (Å²) >= 11 is 0. The highest BCUT2D eigenvalue weighted by Gasteiger charge is 2.11. The van der Waals surface area contributed by atoms with Crippen molar-refractivity contribution < 1.29 is 9.42 Å². The number of rotatable bonds is 4. The van der Waals surface area contributed by atoms with Crippen molar-refractivity contribution in [3.8, 4) is 0 Å². The molecule has 0 saturated carbocycles. The van der Waals surface area contributed by atoms with Crippen LogP contribution in [0.3, 0.4) is 0 Å². The van der Waals surface area contributed by atoms with Gasteiger partial charge in [-0.15, -0.1) is 0 Å². The van der Waals surface area contributed by atoms with Crippen molar-refractivity contribution in [3.05, 3.63) is 47.2 Å². The quantitative estimate of drug-likeness (QED) is 0.778. The fourth-order valence-electron chi connectivity index (χ4n) is 2.10. The van der Waals surface area contributed by atoms with Crippen molar-refractivity contribution in [3.63, 3.8) is 0 Å². The van der Waals surface area contributed by atoms with Crippen LogP contribution in [0.2, 0.25) is 0 Å². The fourth-order valence-corrected chi connectivity index (χ4v) is 2.10. The number of carbonyl (C=O) groups is 1. The molecule has 1 N–H and O–H groups in total. The van der Waals surface area contributed by atoms with Gasteiger partial charge in [-0.05, 0) is 25.5 Å². The summed E-state index contributed by atoms with van der Waals surface area (Å²) in [4.78, 5) is 16.4. The van der Waals surface area contributed by atoms with Crippen LogP contribution in [0.25, 0.3) is 5.65 Å². The highest BCUT2D eigenvalue weighted by atomic mass is 16.6. The van der Waals surface area contributed by atoms with Gasteiger partial charge in [0.1, 0.15) is 17.0 Å². The minimum atomic E-state index is -0.137. The Bertz CT molecular complexity index is 790. The predicted molar refractivity (Wildman–Crippen MR) is 74.5 cm³/mol. The molecule has 1 amide bonds. The third-order valence-electron chi connectivity index (χ3n) is 3.27. The number of fused-ring (bicyclic) bond motifs is 1. The summed E-state index contributed by atoms with van der Waals surface area (Å²) in [5.74, 6) is -0.137. The van der Waals surface area contributed by atoms with Crippen LogP contribution in [-0.2, 0) is 17.8 Å². The molecule has 0 unspecified atom stereocenters. The first-order valence-corrected chi connectivity index (χ1v) is 6.61. The van der Waals surface area contributed by atoms with Gasteiger partial charge in [0.15, 0.2) is 0 Å². The van der Waals surface area contributed by atoms with Gasteiger partial charge in [-0.3, -0.25) is 4.79 Å². The summed E-state index contributed by atoms with van der Waals surface area (Å²) in [5, 5.41) is 10.2. The highest BCUT2D eigenvalue weighted by Crippen LogP contribution is 2.09. The van der Waals surface area contributed by atoms with Gasteiger partial charge in [0.05, 0.1) is 18.7 Å². The Hall–Kier alpha value is -2.70. The first-order chi connectivity index (χ1) is 10.1. The lowest BCUT2D eigenvalue weighted by Crippen LogP contribution is -2.25. The maximum atomic E-state index is 11.9. The van der Waals surface area contributed by atoms with E-state index in [0.717, 1.165) is 16.9 Å².